The summed E-state index contributed by atoms with van der Waals surface area (Å²) in [5.74, 6) is 0. The normalized spacial score (nSPS) is 12.5. The Kier molecular flexibility index (Phi) is 5.40. The number of methoxy groups -OCH3 is 1. The monoisotopic (exact) mass is 310 g/mol. The van der Waals surface area contributed by atoms with Gasteiger partial charge in [0.1, 0.15) is 0 Å². The first kappa shape index (κ1) is 16.0. The molecule has 0 aliphatic carbocycles. The molecule has 0 bridgehead atoms. The van der Waals surface area contributed by atoms with Gasteiger partial charge < -0.3 is 4.74 Å². The minimum absolute atomic E-state index is 0.0185. The maximum Gasteiger partial charge on any atom is 0.262 e. The van der Waals surface area contributed by atoms with Crippen molar-refractivity contribution in [1.82, 2.24) is 4.89 Å². The van der Waals surface area contributed by atoms with Gasteiger partial charge in [0.15, 0.2) is 0 Å². The second kappa shape index (κ2) is 6.41. The standard InChI is InChI=1S/C9H14N2O6S2/c1-16-5-6-17-11-19(14,15)9-4-2-3-8(7-9)18(10,12)13/h2-4,7,11H,5-6H2,1H3,(H2,10,12,13). The lowest BCUT2D eigenvalue weighted by Gasteiger charge is -2.07. The van der Waals surface area contributed by atoms with Gasteiger partial charge in [-0.3, -0.25) is 4.84 Å². The highest BCUT2D eigenvalue weighted by atomic mass is 32.2. The van der Waals surface area contributed by atoms with Gasteiger partial charge in [0, 0.05) is 7.11 Å². The Balaban J connectivity index is 2.90. The van der Waals surface area contributed by atoms with E-state index in [1.165, 1.54) is 25.3 Å². The zero-order valence-corrected chi connectivity index (χ0v) is 11.7. The third kappa shape index (κ3) is 4.86. The van der Waals surface area contributed by atoms with Crippen molar-refractivity contribution in [3.05, 3.63) is 24.3 Å². The maximum atomic E-state index is 11.8. The van der Waals surface area contributed by atoms with Crippen LogP contribution in [0.5, 0.6) is 0 Å². The number of benzene rings is 1. The first-order valence-corrected chi connectivity index (χ1v) is 8.06. The van der Waals surface area contributed by atoms with E-state index in [0.29, 0.717) is 0 Å². The van der Waals surface area contributed by atoms with Crippen LogP contribution in [0.1, 0.15) is 0 Å². The van der Waals surface area contributed by atoms with Crippen molar-refractivity contribution in [2.45, 2.75) is 9.79 Å². The smallest absolute Gasteiger partial charge is 0.262 e. The van der Waals surface area contributed by atoms with Crippen LogP contribution in [0.3, 0.4) is 0 Å². The summed E-state index contributed by atoms with van der Waals surface area (Å²) in [5, 5.41) is 4.92. The van der Waals surface area contributed by atoms with Crippen LogP contribution in [-0.4, -0.2) is 37.2 Å². The van der Waals surface area contributed by atoms with Crippen molar-refractivity contribution >= 4 is 20.0 Å². The van der Waals surface area contributed by atoms with Crippen LogP contribution in [-0.2, 0) is 29.6 Å². The number of nitrogens with one attached hydrogen (secondary N) is 1. The van der Waals surface area contributed by atoms with Crippen molar-refractivity contribution < 1.29 is 26.4 Å². The summed E-state index contributed by atoms with van der Waals surface area (Å²) >= 11 is 0. The van der Waals surface area contributed by atoms with Gasteiger partial charge in [-0.25, -0.2) is 22.0 Å². The van der Waals surface area contributed by atoms with E-state index in [1.54, 1.807) is 0 Å². The van der Waals surface area contributed by atoms with Crippen LogP contribution in [0.4, 0.5) is 0 Å². The van der Waals surface area contributed by atoms with Gasteiger partial charge in [-0.15, -0.1) is 0 Å². The van der Waals surface area contributed by atoms with Gasteiger partial charge in [-0.05, 0) is 18.2 Å². The predicted octanol–water partition coefficient (Wildman–Crippen LogP) is -0.810. The topological polar surface area (TPSA) is 125 Å². The van der Waals surface area contributed by atoms with Crippen molar-refractivity contribution in [2.24, 2.45) is 5.14 Å². The summed E-state index contributed by atoms with van der Waals surface area (Å²) < 4.78 is 50.4. The second-order valence-corrected chi connectivity index (χ2v) is 6.65. The first-order chi connectivity index (χ1) is 8.77. The van der Waals surface area contributed by atoms with E-state index >= 15 is 0 Å². The third-order valence-corrected chi connectivity index (χ3v) is 4.13. The van der Waals surface area contributed by atoms with Gasteiger partial charge in [0.2, 0.25) is 10.0 Å². The number of primary sulfonamides is 1. The average Bonchev–Trinajstić information content (AvgIpc) is 2.34. The Hall–Kier alpha value is -1.04. The first-order valence-electron chi connectivity index (χ1n) is 5.03. The van der Waals surface area contributed by atoms with E-state index < -0.39 is 20.0 Å². The zero-order chi connectivity index (χ0) is 14.5. The highest BCUT2D eigenvalue weighted by Crippen LogP contribution is 2.14. The van der Waals surface area contributed by atoms with Crippen molar-refractivity contribution in [3.63, 3.8) is 0 Å². The molecular formula is C9H14N2O6S2. The molecule has 10 heteroatoms. The highest BCUT2D eigenvalue weighted by molar-refractivity contribution is 7.90. The lowest BCUT2D eigenvalue weighted by atomic mass is 10.4. The molecule has 0 heterocycles. The summed E-state index contributed by atoms with van der Waals surface area (Å²) in [4.78, 5) is 5.95. The van der Waals surface area contributed by atoms with Crippen molar-refractivity contribution in [2.75, 3.05) is 20.3 Å². The molecule has 1 aromatic rings. The summed E-state index contributed by atoms with van der Waals surface area (Å²) in [5.41, 5.74) is 0. The molecule has 1 rings (SSSR count). The van der Waals surface area contributed by atoms with E-state index in [1.807, 2.05) is 4.89 Å². The van der Waals surface area contributed by atoms with Crippen molar-refractivity contribution in [1.29, 1.82) is 0 Å². The van der Waals surface area contributed by atoms with E-state index in [4.69, 9.17) is 5.14 Å². The largest absolute Gasteiger partial charge is 0.382 e. The molecule has 0 unspecified atom stereocenters. The van der Waals surface area contributed by atoms with Crippen molar-refractivity contribution in [3.8, 4) is 0 Å². The summed E-state index contributed by atoms with van der Waals surface area (Å²) in [6, 6.07) is 4.62. The van der Waals surface area contributed by atoms with Crippen LogP contribution >= 0.6 is 0 Å². The number of hydrogen-bond acceptors (Lipinski definition) is 6. The minimum Gasteiger partial charge on any atom is -0.382 e. The van der Waals surface area contributed by atoms with Gasteiger partial charge in [0.25, 0.3) is 10.0 Å². The molecule has 0 amide bonds. The molecule has 8 nitrogen and oxygen atoms in total. The number of sulfonamides is 2. The Bertz CT molecular complexity index is 626. The third-order valence-electron chi connectivity index (χ3n) is 2.00. The Morgan fingerprint density at radius 3 is 2.37 bits per heavy atom. The number of rotatable bonds is 7. The molecule has 0 fully saturated rings. The van der Waals surface area contributed by atoms with Crippen LogP contribution in [0, 0.1) is 0 Å². The molecule has 0 aliphatic heterocycles. The fourth-order valence-electron chi connectivity index (χ4n) is 1.11. The Morgan fingerprint density at radius 2 is 1.79 bits per heavy atom. The Morgan fingerprint density at radius 1 is 1.16 bits per heavy atom. The van der Waals surface area contributed by atoms with E-state index in [-0.39, 0.29) is 23.0 Å². The molecule has 0 atom stereocenters. The molecule has 3 N–H and O–H groups in total. The van der Waals surface area contributed by atoms with E-state index in [2.05, 4.69) is 9.57 Å². The molecule has 19 heavy (non-hydrogen) atoms. The van der Waals surface area contributed by atoms with Crippen LogP contribution < -0.4 is 10.0 Å². The number of nitrogens with two attached hydrogens (primary N) is 1. The second-order valence-electron chi connectivity index (χ2n) is 3.45. The Labute approximate surface area is 111 Å². The molecule has 0 spiro atoms. The van der Waals surface area contributed by atoms with Gasteiger partial charge in [-0.1, -0.05) is 11.0 Å². The zero-order valence-electron chi connectivity index (χ0n) is 10.1. The number of ether oxygens (including phenoxy) is 1. The predicted molar refractivity (Wildman–Crippen MR) is 66.0 cm³/mol. The van der Waals surface area contributed by atoms with Gasteiger partial charge in [-0.2, -0.15) is 0 Å². The SMILES string of the molecule is COCCONS(=O)(=O)c1cccc(S(N)(=O)=O)c1. The molecule has 1 aromatic carbocycles. The fourth-order valence-corrected chi connectivity index (χ4v) is 2.62. The lowest BCUT2D eigenvalue weighted by Crippen LogP contribution is -2.26. The number of hydrogen-bond donors (Lipinski definition) is 2. The van der Waals surface area contributed by atoms with Crippen LogP contribution in [0.15, 0.2) is 34.1 Å². The molecular weight excluding hydrogens is 296 g/mol. The molecule has 0 saturated carbocycles. The van der Waals surface area contributed by atoms with Gasteiger partial charge in [0.05, 0.1) is 23.0 Å². The summed E-state index contributed by atoms with van der Waals surface area (Å²) in [6.07, 6.45) is 0. The summed E-state index contributed by atoms with van der Waals surface area (Å²) in [6.45, 7) is 0.227. The van der Waals surface area contributed by atoms with Gasteiger partial charge >= 0.3 is 0 Å². The quantitative estimate of drug-likeness (QED) is 0.501. The van der Waals surface area contributed by atoms with Crippen LogP contribution in [0.25, 0.3) is 0 Å². The molecule has 0 aliphatic rings. The molecule has 108 valence electrons. The molecule has 0 saturated heterocycles. The minimum atomic E-state index is -3.97. The maximum absolute atomic E-state index is 11.8. The lowest BCUT2D eigenvalue weighted by molar-refractivity contribution is 0.0438. The average molecular weight is 310 g/mol. The van der Waals surface area contributed by atoms with Crippen LogP contribution in [0.2, 0.25) is 0 Å². The fraction of sp³-hybridized carbons (Fsp3) is 0.333. The van der Waals surface area contributed by atoms with E-state index in [9.17, 15) is 16.8 Å². The molecule has 0 radical (unpaired) electrons. The highest BCUT2D eigenvalue weighted by Gasteiger charge is 2.17. The van der Waals surface area contributed by atoms with E-state index in [0.717, 1.165) is 6.07 Å². The summed E-state index contributed by atoms with van der Waals surface area (Å²) in [7, 11) is -6.50. The molecule has 0 aromatic heterocycles.